The minimum absolute atomic E-state index is 0.0291. The van der Waals surface area contributed by atoms with Gasteiger partial charge in [0.25, 0.3) is 5.56 Å². The number of hydrogen-bond donors (Lipinski definition) is 0. The zero-order valence-corrected chi connectivity index (χ0v) is 15.8. The molecular formula is C15H20BrN5O3. The van der Waals surface area contributed by atoms with Gasteiger partial charge in [0.2, 0.25) is 5.91 Å². The molecule has 0 aliphatic carbocycles. The zero-order valence-electron chi connectivity index (χ0n) is 14.2. The summed E-state index contributed by atoms with van der Waals surface area (Å²) in [6.07, 6.45) is 0. The molecule has 8 nitrogen and oxygen atoms in total. The van der Waals surface area contributed by atoms with Gasteiger partial charge in [-0.3, -0.25) is 23.3 Å². The Morgan fingerprint density at radius 2 is 1.92 bits per heavy atom. The summed E-state index contributed by atoms with van der Waals surface area (Å²) in [5.41, 5.74) is 0.370. The highest BCUT2D eigenvalue weighted by Crippen LogP contribution is 2.17. The quantitative estimate of drug-likeness (QED) is 0.546. The number of hydrogen-bond acceptors (Lipinski definition) is 4. The third kappa shape index (κ3) is 3.08. The number of amides is 1. The summed E-state index contributed by atoms with van der Waals surface area (Å²) >= 11 is 3.28. The van der Waals surface area contributed by atoms with Crippen molar-refractivity contribution in [3.05, 3.63) is 37.7 Å². The summed E-state index contributed by atoms with van der Waals surface area (Å²) in [4.78, 5) is 42.8. The van der Waals surface area contributed by atoms with E-state index in [1.54, 1.807) is 11.9 Å². The highest BCUT2D eigenvalue weighted by atomic mass is 79.9. The molecule has 9 heteroatoms. The van der Waals surface area contributed by atoms with E-state index in [1.165, 1.54) is 16.2 Å². The van der Waals surface area contributed by atoms with Gasteiger partial charge in [-0.05, 0) is 29.8 Å². The van der Waals surface area contributed by atoms with Gasteiger partial charge >= 0.3 is 5.69 Å². The largest absolute Gasteiger partial charge is 0.337 e. The number of carbonyl (C=O) groups is 1. The van der Waals surface area contributed by atoms with Crippen LogP contribution in [0.2, 0.25) is 0 Å². The average Bonchev–Trinajstić information content (AvgIpc) is 2.85. The van der Waals surface area contributed by atoms with Gasteiger partial charge in [0, 0.05) is 27.2 Å². The normalized spacial score (nSPS) is 11.0. The second-order valence-electron chi connectivity index (χ2n) is 5.71. The maximum Gasteiger partial charge on any atom is 0.332 e. The van der Waals surface area contributed by atoms with Gasteiger partial charge in [0.05, 0.1) is 0 Å². The van der Waals surface area contributed by atoms with Crippen molar-refractivity contribution in [2.75, 3.05) is 13.1 Å². The van der Waals surface area contributed by atoms with Crippen LogP contribution in [0.15, 0.2) is 26.5 Å². The Kier molecular flexibility index (Phi) is 5.12. The van der Waals surface area contributed by atoms with Gasteiger partial charge in [0.15, 0.2) is 15.9 Å². The number of carbonyl (C=O) groups excluding carboxylic acids is 1. The Labute approximate surface area is 147 Å². The lowest BCUT2D eigenvalue weighted by atomic mass is 10.3. The molecule has 0 atom stereocenters. The van der Waals surface area contributed by atoms with Crippen molar-refractivity contribution in [2.24, 2.45) is 14.1 Å². The van der Waals surface area contributed by atoms with E-state index in [1.807, 2.05) is 13.8 Å². The van der Waals surface area contributed by atoms with Crippen LogP contribution in [0, 0.1) is 0 Å². The number of likely N-dealkylation sites (N-methyl/N-ethyl adjacent to an activating group) is 1. The van der Waals surface area contributed by atoms with Crippen molar-refractivity contribution < 1.29 is 4.79 Å². The lowest BCUT2D eigenvalue weighted by molar-refractivity contribution is -0.131. The van der Waals surface area contributed by atoms with Crippen LogP contribution in [0.1, 0.15) is 13.8 Å². The van der Waals surface area contributed by atoms with Gasteiger partial charge in [-0.25, -0.2) is 9.78 Å². The van der Waals surface area contributed by atoms with Crippen molar-refractivity contribution in [3.63, 3.8) is 0 Å². The Hall–Kier alpha value is -2.16. The molecule has 1 amide bonds. The van der Waals surface area contributed by atoms with Gasteiger partial charge in [-0.1, -0.05) is 12.2 Å². The first kappa shape index (κ1) is 18.2. The van der Waals surface area contributed by atoms with E-state index in [0.717, 1.165) is 10.1 Å². The molecule has 2 aromatic rings. The average molecular weight is 398 g/mol. The molecule has 130 valence electrons. The third-order valence-electron chi connectivity index (χ3n) is 3.78. The molecular weight excluding hydrogens is 378 g/mol. The molecule has 0 aromatic carbocycles. The van der Waals surface area contributed by atoms with Crippen LogP contribution in [0.3, 0.4) is 0 Å². The van der Waals surface area contributed by atoms with E-state index in [0.29, 0.717) is 23.5 Å². The van der Waals surface area contributed by atoms with Crippen LogP contribution in [0.25, 0.3) is 11.2 Å². The minimum atomic E-state index is -0.491. The standard InChI is InChI=1S/C15H20BrN5O3/c1-6-20(7-9(2)3)10(22)8-21-12-11(17-14(21)16)13(23)19(5)15(24)18(12)4/h2,6-8H2,1,3-5H3. The number of fused-ring (bicyclic) bond motifs is 1. The second kappa shape index (κ2) is 6.76. The summed E-state index contributed by atoms with van der Waals surface area (Å²) in [6.45, 7) is 8.53. The first-order valence-electron chi connectivity index (χ1n) is 7.42. The third-order valence-corrected chi connectivity index (χ3v) is 4.39. The molecule has 0 aliphatic rings. The van der Waals surface area contributed by atoms with Crippen molar-refractivity contribution in [3.8, 4) is 0 Å². The van der Waals surface area contributed by atoms with Crippen LogP contribution in [-0.4, -0.2) is 42.6 Å². The Bertz CT molecular complexity index is 937. The number of aryl methyl sites for hydroxylation is 1. The maximum atomic E-state index is 12.6. The van der Waals surface area contributed by atoms with E-state index in [9.17, 15) is 14.4 Å². The van der Waals surface area contributed by atoms with E-state index < -0.39 is 11.2 Å². The molecule has 0 spiro atoms. The van der Waals surface area contributed by atoms with Crippen molar-refractivity contribution in [1.29, 1.82) is 0 Å². The van der Waals surface area contributed by atoms with E-state index >= 15 is 0 Å². The summed E-state index contributed by atoms with van der Waals surface area (Å²) in [5.74, 6) is -0.145. The van der Waals surface area contributed by atoms with Gasteiger partial charge in [-0.2, -0.15) is 0 Å². The molecule has 0 N–H and O–H groups in total. The lowest BCUT2D eigenvalue weighted by Gasteiger charge is -2.21. The Morgan fingerprint density at radius 1 is 1.29 bits per heavy atom. The molecule has 2 heterocycles. The first-order chi connectivity index (χ1) is 11.2. The van der Waals surface area contributed by atoms with Crippen molar-refractivity contribution >= 4 is 33.0 Å². The van der Waals surface area contributed by atoms with E-state index in [-0.39, 0.29) is 18.0 Å². The molecule has 0 unspecified atom stereocenters. The van der Waals surface area contributed by atoms with Crippen molar-refractivity contribution in [1.82, 2.24) is 23.6 Å². The van der Waals surface area contributed by atoms with Gasteiger partial charge in [-0.15, -0.1) is 0 Å². The molecule has 0 fully saturated rings. The topological polar surface area (TPSA) is 82.1 Å². The fourth-order valence-corrected chi connectivity index (χ4v) is 3.01. The van der Waals surface area contributed by atoms with Crippen molar-refractivity contribution in [2.45, 2.75) is 20.4 Å². The highest BCUT2D eigenvalue weighted by Gasteiger charge is 2.21. The molecule has 0 saturated heterocycles. The Morgan fingerprint density at radius 3 is 2.46 bits per heavy atom. The smallest absolute Gasteiger partial charge is 0.332 e. The fraction of sp³-hybridized carbons (Fsp3) is 0.467. The molecule has 2 aromatic heterocycles. The minimum Gasteiger partial charge on any atom is -0.337 e. The predicted octanol–water partition coefficient (Wildman–Crippen LogP) is 0.621. The summed E-state index contributed by atoms with van der Waals surface area (Å²) in [5, 5.41) is 0. The van der Waals surface area contributed by atoms with Crippen LogP contribution in [0.4, 0.5) is 0 Å². The van der Waals surface area contributed by atoms with E-state index in [2.05, 4.69) is 27.5 Å². The molecule has 0 aliphatic heterocycles. The zero-order chi connectivity index (χ0) is 18.2. The van der Waals surface area contributed by atoms with Crippen LogP contribution >= 0.6 is 15.9 Å². The van der Waals surface area contributed by atoms with Gasteiger partial charge < -0.3 is 4.90 Å². The number of imidazole rings is 1. The summed E-state index contributed by atoms with van der Waals surface area (Å²) in [7, 11) is 2.94. The summed E-state index contributed by atoms with van der Waals surface area (Å²) < 4.78 is 4.17. The second-order valence-corrected chi connectivity index (χ2v) is 6.42. The molecule has 24 heavy (non-hydrogen) atoms. The molecule has 0 bridgehead atoms. The van der Waals surface area contributed by atoms with Crippen LogP contribution < -0.4 is 11.2 Å². The Balaban J connectivity index is 2.56. The monoisotopic (exact) mass is 397 g/mol. The molecule has 0 saturated carbocycles. The first-order valence-corrected chi connectivity index (χ1v) is 8.22. The SMILES string of the molecule is C=C(C)CN(CC)C(=O)Cn1c(Br)nc2c(=O)n(C)c(=O)n(C)c21. The lowest BCUT2D eigenvalue weighted by Crippen LogP contribution is -2.38. The number of rotatable bonds is 5. The van der Waals surface area contributed by atoms with Crippen LogP contribution in [-0.2, 0) is 25.4 Å². The highest BCUT2D eigenvalue weighted by molar-refractivity contribution is 9.10. The molecule has 2 rings (SSSR count). The predicted molar refractivity (Wildman–Crippen MR) is 95.0 cm³/mol. The van der Waals surface area contributed by atoms with E-state index in [4.69, 9.17) is 0 Å². The number of halogens is 1. The van der Waals surface area contributed by atoms with Gasteiger partial charge in [0.1, 0.15) is 6.54 Å². The fourth-order valence-electron chi connectivity index (χ4n) is 2.54. The molecule has 0 radical (unpaired) electrons. The summed E-state index contributed by atoms with van der Waals surface area (Å²) in [6, 6.07) is 0. The number of aromatic nitrogens is 4. The van der Waals surface area contributed by atoms with Crippen LogP contribution in [0.5, 0.6) is 0 Å². The maximum absolute atomic E-state index is 12.6. The number of nitrogens with zero attached hydrogens (tertiary/aromatic N) is 5.